The molecule has 7 heteroatoms. The quantitative estimate of drug-likeness (QED) is 0.111. The SMILES string of the molecule is CCCCCCCOc1ccc(-c2cnc(-c3ccc(C[C@H](CC(=O)c4ccc(CC)o4)C(=O)O)cc3)nc2)cc1. The van der Waals surface area contributed by atoms with Crippen LogP contribution in [0.4, 0.5) is 0 Å². The van der Waals surface area contributed by atoms with Crippen molar-refractivity contribution in [3.05, 3.63) is 90.1 Å². The molecule has 7 nitrogen and oxygen atoms in total. The van der Waals surface area contributed by atoms with E-state index < -0.39 is 11.9 Å². The summed E-state index contributed by atoms with van der Waals surface area (Å²) in [6, 6.07) is 18.8. The van der Waals surface area contributed by atoms with Crippen molar-refractivity contribution in [2.75, 3.05) is 6.61 Å². The Morgan fingerprint density at radius 2 is 1.51 bits per heavy atom. The topological polar surface area (TPSA) is 103 Å². The summed E-state index contributed by atoms with van der Waals surface area (Å²) in [4.78, 5) is 33.5. The number of benzene rings is 2. The zero-order valence-corrected chi connectivity index (χ0v) is 23.8. The van der Waals surface area contributed by atoms with Crippen molar-refractivity contribution in [3.8, 4) is 28.3 Å². The minimum Gasteiger partial charge on any atom is -0.494 e. The molecule has 0 radical (unpaired) electrons. The van der Waals surface area contributed by atoms with Gasteiger partial charge in [-0.3, -0.25) is 9.59 Å². The molecule has 4 rings (SSSR count). The van der Waals surface area contributed by atoms with Gasteiger partial charge < -0.3 is 14.3 Å². The van der Waals surface area contributed by atoms with Gasteiger partial charge in [0.2, 0.25) is 0 Å². The number of aliphatic carboxylic acids is 1. The number of unbranched alkanes of at least 4 members (excludes halogenated alkanes) is 4. The zero-order valence-electron chi connectivity index (χ0n) is 23.8. The second kappa shape index (κ2) is 14.9. The molecule has 2 aromatic heterocycles. The summed E-state index contributed by atoms with van der Waals surface area (Å²) < 4.78 is 11.4. The first-order valence-corrected chi connectivity index (χ1v) is 14.5. The predicted molar refractivity (Wildman–Crippen MR) is 159 cm³/mol. The van der Waals surface area contributed by atoms with Crippen LogP contribution in [0.15, 0.2) is 77.5 Å². The molecule has 2 heterocycles. The molecule has 0 spiro atoms. The van der Waals surface area contributed by atoms with E-state index in [0.717, 1.165) is 41.0 Å². The maximum Gasteiger partial charge on any atom is 0.307 e. The first-order chi connectivity index (χ1) is 20.0. The normalized spacial score (nSPS) is 11.8. The number of ketones is 1. The van der Waals surface area contributed by atoms with Gasteiger partial charge in [0, 0.05) is 36.4 Å². The summed E-state index contributed by atoms with van der Waals surface area (Å²) in [6.07, 6.45) is 10.4. The number of hydrogen-bond acceptors (Lipinski definition) is 6. The Balaban J connectivity index is 1.32. The molecule has 0 aliphatic heterocycles. The van der Waals surface area contributed by atoms with E-state index in [9.17, 15) is 14.7 Å². The fraction of sp³-hybridized carbons (Fsp3) is 0.353. The average molecular weight is 555 g/mol. The van der Waals surface area contributed by atoms with Crippen LogP contribution in [-0.2, 0) is 17.6 Å². The van der Waals surface area contributed by atoms with Crippen molar-refractivity contribution in [3.63, 3.8) is 0 Å². The summed E-state index contributed by atoms with van der Waals surface area (Å²) in [6.45, 7) is 4.88. The lowest BCUT2D eigenvalue weighted by Crippen LogP contribution is -2.20. The summed E-state index contributed by atoms with van der Waals surface area (Å²) >= 11 is 0. The number of ether oxygens (including phenoxy) is 1. The first-order valence-electron chi connectivity index (χ1n) is 14.5. The van der Waals surface area contributed by atoms with Gasteiger partial charge in [-0.1, -0.05) is 75.9 Å². The monoisotopic (exact) mass is 554 g/mol. The van der Waals surface area contributed by atoms with Crippen molar-refractivity contribution < 1.29 is 23.8 Å². The van der Waals surface area contributed by atoms with Crippen LogP contribution in [0.2, 0.25) is 0 Å². The van der Waals surface area contributed by atoms with Crippen molar-refractivity contribution >= 4 is 11.8 Å². The summed E-state index contributed by atoms with van der Waals surface area (Å²) in [5, 5.41) is 9.71. The van der Waals surface area contributed by atoms with E-state index >= 15 is 0 Å². The Kier molecular flexibility index (Phi) is 10.8. The van der Waals surface area contributed by atoms with Crippen molar-refractivity contribution in [2.24, 2.45) is 5.92 Å². The Bertz CT molecular complexity index is 1390. The van der Waals surface area contributed by atoms with Crippen molar-refractivity contribution in [2.45, 2.75) is 65.2 Å². The first kappa shape index (κ1) is 29.7. The third kappa shape index (κ3) is 8.61. The molecule has 0 amide bonds. The van der Waals surface area contributed by atoms with Crippen LogP contribution in [-0.4, -0.2) is 33.4 Å². The lowest BCUT2D eigenvalue weighted by Gasteiger charge is -2.11. The van der Waals surface area contributed by atoms with Crippen LogP contribution in [0.5, 0.6) is 5.75 Å². The molecule has 0 unspecified atom stereocenters. The number of furan rings is 1. The molecule has 0 aliphatic carbocycles. The Morgan fingerprint density at radius 1 is 0.829 bits per heavy atom. The maximum atomic E-state index is 12.6. The molecule has 0 bridgehead atoms. The number of hydrogen-bond donors (Lipinski definition) is 1. The van der Waals surface area contributed by atoms with Gasteiger partial charge in [0.05, 0.1) is 12.5 Å². The van der Waals surface area contributed by atoms with Gasteiger partial charge in [0.15, 0.2) is 17.4 Å². The van der Waals surface area contributed by atoms with Gasteiger partial charge in [0.25, 0.3) is 0 Å². The number of carbonyl (C=O) groups is 2. The molecule has 41 heavy (non-hydrogen) atoms. The number of rotatable bonds is 16. The zero-order chi connectivity index (χ0) is 29.0. The minimum absolute atomic E-state index is 0.121. The van der Waals surface area contributed by atoms with Crippen LogP contribution in [0.1, 0.15) is 74.3 Å². The van der Waals surface area contributed by atoms with E-state index in [4.69, 9.17) is 9.15 Å². The van der Waals surface area contributed by atoms with Gasteiger partial charge in [0.1, 0.15) is 11.5 Å². The largest absolute Gasteiger partial charge is 0.494 e. The van der Waals surface area contributed by atoms with Gasteiger partial charge in [-0.15, -0.1) is 0 Å². The number of nitrogens with zero attached hydrogens (tertiary/aromatic N) is 2. The summed E-state index contributed by atoms with van der Waals surface area (Å²) in [5.74, 6) is 0.203. The fourth-order valence-electron chi connectivity index (χ4n) is 4.63. The van der Waals surface area contributed by atoms with Gasteiger partial charge in [-0.25, -0.2) is 9.97 Å². The van der Waals surface area contributed by atoms with Crippen LogP contribution < -0.4 is 4.74 Å². The van der Waals surface area contributed by atoms with E-state index in [0.29, 0.717) is 18.0 Å². The number of carboxylic acids is 1. The number of aromatic nitrogens is 2. The third-order valence-electron chi connectivity index (χ3n) is 7.12. The molecule has 4 aromatic rings. The molecular formula is C34H38N2O5. The average Bonchev–Trinajstić information content (AvgIpc) is 3.49. The maximum absolute atomic E-state index is 12.6. The van der Waals surface area contributed by atoms with Crippen LogP contribution in [0.3, 0.4) is 0 Å². The second-order valence-electron chi connectivity index (χ2n) is 10.3. The number of aryl methyl sites for hydroxylation is 1. The number of Topliss-reactive ketones (excluding diaryl/α,β-unsaturated/α-hetero) is 1. The summed E-state index contributed by atoms with van der Waals surface area (Å²) in [7, 11) is 0. The molecule has 214 valence electrons. The van der Waals surface area contributed by atoms with Crippen LogP contribution >= 0.6 is 0 Å². The predicted octanol–water partition coefficient (Wildman–Crippen LogP) is 7.83. The minimum atomic E-state index is -1.01. The van der Waals surface area contributed by atoms with Gasteiger partial charge in [-0.2, -0.15) is 0 Å². The van der Waals surface area contributed by atoms with Crippen molar-refractivity contribution in [1.29, 1.82) is 0 Å². The second-order valence-corrected chi connectivity index (χ2v) is 10.3. The smallest absolute Gasteiger partial charge is 0.307 e. The van der Waals surface area contributed by atoms with E-state index in [1.165, 1.54) is 25.7 Å². The molecule has 0 saturated heterocycles. The third-order valence-corrected chi connectivity index (χ3v) is 7.12. The van der Waals surface area contributed by atoms with E-state index in [1.807, 2.05) is 55.5 Å². The molecule has 0 saturated carbocycles. The highest BCUT2D eigenvalue weighted by Gasteiger charge is 2.24. The standard InChI is InChI=1S/C34H38N2O5/c1-3-5-6-7-8-19-40-30-15-13-25(14-16-30)28-22-35-33(36-23-28)26-11-9-24(10-12-26)20-27(34(38)39)21-31(37)32-18-17-29(4-2)41-32/h9-18,22-23,27H,3-8,19-21H2,1-2H3,(H,38,39)/t27-/m1/s1. The highest BCUT2D eigenvalue weighted by Crippen LogP contribution is 2.24. The van der Waals surface area contributed by atoms with Crippen LogP contribution in [0.25, 0.3) is 22.5 Å². The molecular weight excluding hydrogens is 516 g/mol. The Labute approximate surface area is 241 Å². The highest BCUT2D eigenvalue weighted by atomic mass is 16.5. The van der Waals surface area contributed by atoms with Crippen molar-refractivity contribution in [1.82, 2.24) is 9.97 Å². The summed E-state index contributed by atoms with van der Waals surface area (Å²) in [5.41, 5.74) is 3.57. The molecule has 0 aliphatic rings. The lowest BCUT2D eigenvalue weighted by molar-refractivity contribution is -0.141. The van der Waals surface area contributed by atoms with E-state index in [2.05, 4.69) is 16.9 Å². The van der Waals surface area contributed by atoms with E-state index in [1.54, 1.807) is 24.5 Å². The Morgan fingerprint density at radius 3 is 2.15 bits per heavy atom. The number of carbonyl (C=O) groups excluding carboxylic acids is 1. The van der Waals surface area contributed by atoms with Crippen LogP contribution in [0, 0.1) is 5.92 Å². The molecule has 2 aromatic carbocycles. The molecule has 1 atom stereocenters. The van der Waals surface area contributed by atoms with Gasteiger partial charge in [-0.05, 0) is 48.2 Å². The lowest BCUT2D eigenvalue weighted by atomic mass is 9.93. The van der Waals surface area contributed by atoms with E-state index in [-0.39, 0.29) is 24.4 Å². The Hall–Kier alpha value is -4.26. The van der Waals surface area contributed by atoms with Gasteiger partial charge >= 0.3 is 5.97 Å². The molecule has 0 fully saturated rings. The molecule has 1 N–H and O–H groups in total. The fourth-order valence-corrected chi connectivity index (χ4v) is 4.63. The number of carboxylic acid groups (broad SMARTS) is 1. The highest BCUT2D eigenvalue weighted by molar-refractivity contribution is 5.95.